The van der Waals surface area contributed by atoms with Gasteiger partial charge in [-0.1, -0.05) is 66.2 Å². The molecule has 0 N–H and O–H groups in total. The highest BCUT2D eigenvalue weighted by molar-refractivity contribution is 7.85. The highest BCUT2D eigenvalue weighted by Crippen LogP contribution is 2.14. The summed E-state index contributed by atoms with van der Waals surface area (Å²) in [6.45, 7) is 12.5. The summed E-state index contributed by atoms with van der Waals surface area (Å²) in [4.78, 5) is 0. The molecule has 0 rings (SSSR count). The van der Waals surface area contributed by atoms with Crippen molar-refractivity contribution in [1.29, 1.82) is 0 Å². The van der Waals surface area contributed by atoms with Crippen LogP contribution in [0, 0.1) is 0 Å². The van der Waals surface area contributed by atoms with Gasteiger partial charge in [-0.2, -0.15) is 0 Å². The van der Waals surface area contributed by atoms with Crippen LogP contribution in [0.2, 0.25) is 0 Å². The molecule has 4 nitrogen and oxygen atoms in total. The second-order valence-corrected chi connectivity index (χ2v) is 9.51. The summed E-state index contributed by atoms with van der Waals surface area (Å²) in [6, 6.07) is 0. The summed E-state index contributed by atoms with van der Waals surface area (Å²) < 4.78 is 29.7. The molecule has 0 aromatic heterocycles. The van der Waals surface area contributed by atoms with Crippen LogP contribution in [0.4, 0.5) is 0 Å². The average molecular weight is 394 g/mol. The summed E-state index contributed by atoms with van der Waals surface area (Å²) in [7, 11) is -1.39. The van der Waals surface area contributed by atoms with Gasteiger partial charge < -0.3 is 9.04 Å². The van der Waals surface area contributed by atoms with Crippen molar-refractivity contribution < 1.29 is 17.5 Å². The lowest BCUT2D eigenvalue weighted by atomic mass is 10.1. The van der Waals surface area contributed by atoms with Gasteiger partial charge in [-0.15, -0.1) is 0 Å². The second kappa shape index (κ2) is 18.2. The van der Waals surface area contributed by atoms with E-state index >= 15 is 0 Å². The van der Waals surface area contributed by atoms with Crippen molar-refractivity contribution in [1.82, 2.24) is 0 Å². The Morgan fingerprint density at radius 1 is 0.615 bits per heavy atom. The zero-order chi connectivity index (χ0) is 20.3. The molecular formula is C21H47NO3S. The fourth-order valence-electron chi connectivity index (χ4n) is 3.10. The maximum absolute atomic E-state index is 9.44. The largest absolute Gasteiger partial charge is 0.748 e. The standard InChI is InChI=1S/C19H42N.C2H6O3S/c1-5-8-11-14-17-20(4,18-15-12-9-6-2)19-16-13-10-7-3;1-2-6(3,4)5/h5-19H2,1-4H3;2H2,1H3,(H,3,4,5)/q+1;/p-1. The molecule has 0 heterocycles. The molecular weight excluding hydrogens is 346 g/mol. The first-order chi connectivity index (χ1) is 12.2. The first kappa shape index (κ1) is 28.1. The number of quaternary nitrogens is 1. The molecule has 5 heteroatoms. The van der Waals surface area contributed by atoms with Gasteiger partial charge in [-0.05, 0) is 38.5 Å². The van der Waals surface area contributed by atoms with E-state index in [2.05, 4.69) is 27.8 Å². The first-order valence-corrected chi connectivity index (χ1v) is 12.6. The fourth-order valence-corrected chi connectivity index (χ4v) is 3.10. The first-order valence-electron chi connectivity index (χ1n) is 11.0. The van der Waals surface area contributed by atoms with E-state index in [0.29, 0.717) is 0 Å². The molecule has 0 amide bonds. The Bertz CT molecular complexity index is 351. The molecule has 160 valence electrons. The maximum atomic E-state index is 9.44. The van der Waals surface area contributed by atoms with E-state index in [1.54, 1.807) is 0 Å². The number of nitrogens with zero attached hydrogens (tertiary/aromatic N) is 1. The second-order valence-electron chi connectivity index (χ2n) is 7.82. The third-order valence-electron chi connectivity index (χ3n) is 5.01. The van der Waals surface area contributed by atoms with Crippen molar-refractivity contribution in [2.75, 3.05) is 32.4 Å². The Labute approximate surface area is 165 Å². The van der Waals surface area contributed by atoms with Gasteiger partial charge in [0, 0.05) is 5.75 Å². The van der Waals surface area contributed by atoms with Gasteiger partial charge in [0.1, 0.15) is 0 Å². The molecule has 0 saturated heterocycles. The number of hydrogen-bond donors (Lipinski definition) is 0. The summed E-state index contributed by atoms with van der Waals surface area (Å²) in [6.07, 6.45) is 17.0. The average Bonchev–Trinajstić information content (AvgIpc) is 2.60. The zero-order valence-corrected chi connectivity index (χ0v) is 19.2. The minimum absolute atomic E-state index is 0.312. The Hall–Kier alpha value is -0.130. The Balaban J connectivity index is 0. The molecule has 0 spiro atoms. The minimum Gasteiger partial charge on any atom is -0.748 e. The van der Waals surface area contributed by atoms with Crippen molar-refractivity contribution in [3.05, 3.63) is 0 Å². The predicted molar refractivity (Wildman–Crippen MR) is 113 cm³/mol. The van der Waals surface area contributed by atoms with Crippen LogP contribution in [0.3, 0.4) is 0 Å². The van der Waals surface area contributed by atoms with E-state index < -0.39 is 10.1 Å². The minimum atomic E-state index is -3.91. The van der Waals surface area contributed by atoms with E-state index in [9.17, 15) is 13.0 Å². The van der Waals surface area contributed by atoms with Gasteiger partial charge in [0.05, 0.1) is 36.8 Å². The number of hydrogen-bond acceptors (Lipinski definition) is 3. The predicted octanol–water partition coefficient (Wildman–Crippen LogP) is 5.73. The molecule has 0 bridgehead atoms. The zero-order valence-electron chi connectivity index (χ0n) is 18.4. The lowest BCUT2D eigenvalue weighted by Gasteiger charge is -2.35. The number of unbranched alkanes of at least 4 members (excludes halogenated alkanes) is 9. The molecule has 0 aliphatic carbocycles. The van der Waals surface area contributed by atoms with E-state index in [4.69, 9.17) is 0 Å². The van der Waals surface area contributed by atoms with E-state index in [1.165, 1.54) is 108 Å². The van der Waals surface area contributed by atoms with Crippen LogP contribution in [-0.4, -0.2) is 49.9 Å². The molecule has 0 atom stereocenters. The normalized spacial score (nSPS) is 11.9. The van der Waals surface area contributed by atoms with Gasteiger partial charge in [0.15, 0.2) is 0 Å². The summed E-state index contributed by atoms with van der Waals surface area (Å²) in [5.41, 5.74) is 0. The van der Waals surface area contributed by atoms with Crippen molar-refractivity contribution in [3.8, 4) is 0 Å². The van der Waals surface area contributed by atoms with Gasteiger partial charge >= 0.3 is 0 Å². The van der Waals surface area contributed by atoms with E-state index in [1.807, 2.05) is 0 Å². The molecule has 0 fully saturated rings. The van der Waals surface area contributed by atoms with Crippen LogP contribution in [0.15, 0.2) is 0 Å². The molecule has 0 aromatic carbocycles. The summed E-state index contributed by atoms with van der Waals surface area (Å²) in [5, 5.41) is 0. The van der Waals surface area contributed by atoms with Crippen molar-refractivity contribution in [2.24, 2.45) is 0 Å². The van der Waals surface area contributed by atoms with Crippen molar-refractivity contribution in [2.45, 2.75) is 105 Å². The van der Waals surface area contributed by atoms with Gasteiger partial charge in [-0.3, -0.25) is 0 Å². The quantitative estimate of drug-likeness (QED) is 0.191. The summed E-state index contributed by atoms with van der Waals surface area (Å²) in [5.74, 6) is -0.312. The smallest absolute Gasteiger partial charge is 0.0943 e. The van der Waals surface area contributed by atoms with Crippen molar-refractivity contribution >= 4 is 10.1 Å². The third kappa shape index (κ3) is 21.9. The Morgan fingerprint density at radius 2 is 0.885 bits per heavy atom. The van der Waals surface area contributed by atoms with Crippen LogP contribution < -0.4 is 0 Å². The van der Waals surface area contributed by atoms with Gasteiger partial charge in [0.2, 0.25) is 0 Å². The topological polar surface area (TPSA) is 57.2 Å². The van der Waals surface area contributed by atoms with Gasteiger partial charge in [0.25, 0.3) is 0 Å². The SMILES string of the molecule is CCCCCC[N+](C)(CCCCCC)CCCCCC.CCS(=O)(=O)[O-]. The van der Waals surface area contributed by atoms with Crippen LogP contribution >= 0.6 is 0 Å². The van der Waals surface area contributed by atoms with Crippen LogP contribution in [0.5, 0.6) is 0 Å². The monoisotopic (exact) mass is 393 g/mol. The van der Waals surface area contributed by atoms with Crippen LogP contribution in [0.1, 0.15) is 105 Å². The molecule has 0 aliphatic rings. The lowest BCUT2D eigenvalue weighted by Crippen LogP contribution is -2.46. The lowest BCUT2D eigenvalue weighted by molar-refractivity contribution is -0.910. The van der Waals surface area contributed by atoms with Crippen molar-refractivity contribution in [3.63, 3.8) is 0 Å². The molecule has 0 radical (unpaired) electrons. The molecule has 0 saturated carbocycles. The maximum Gasteiger partial charge on any atom is 0.0943 e. The van der Waals surface area contributed by atoms with E-state index in [-0.39, 0.29) is 5.75 Å². The molecule has 0 aliphatic heterocycles. The van der Waals surface area contributed by atoms with E-state index in [0.717, 1.165) is 0 Å². The highest BCUT2D eigenvalue weighted by atomic mass is 32.2. The van der Waals surface area contributed by atoms with Crippen LogP contribution in [0.25, 0.3) is 0 Å². The molecule has 26 heavy (non-hydrogen) atoms. The van der Waals surface area contributed by atoms with Crippen LogP contribution in [-0.2, 0) is 10.1 Å². The fraction of sp³-hybridized carbons (Fsp3) is 1.00. The third-order valence-corrected chi connectivity index (χ3v) is 5.72. The summed E-state index contributed by atoms with van der Waals surface area (Å²) >= 11 is 0. The Morgan fingerprint density at radius 3 is 1.08 bits per heavy atom. The Kier molecular flexibility index (Phi) is 19.7. The number of rotatable bonds is 16. The van der Waals surface area contributed by atoms with Gasteiger partial charge in [-0.25, -0.2) is 8.42 Å². The highest BCUT2D eigenvalue weighted by Gasteiger charge is 2.19. The molecule has 0 aromatic rings. The molecule has 0 unspecified atom stereocenters.